The van der Waals surface area contributed by atoms with Gasteiger partial charge in [0.1, 0.15) is 0 Å². The van der Waals surface area contributed by atoms with Crippen molar-refractivity contribution in [3.8, 4) is 0 Å². The van der Waals surface area contributed by atoms with Gasteiger partial charge in [-0.25, -0.2) is 0 Å². The highest BCUT2D eigenvalue weighted by Gasteiger charge is 2.20. The van der Waals surface area contributed by atoms with Gasteiger partial charge in [-0.1, -0.05) is 30.3 Å². The van der Waals surface area contributed by atoms with Gasteiger partial charge in [-0.2, -0.15) is 0 Å². The van der Waals surface area contributed by atoms with Crippen LogP contribution in [0.2, 0.25) is 0 Å². The zero-order chi connectivity index (χ0) is 13.8. The van der Waals surface area contributed by atoms with E-state index in [9.17, 15) is 0 Å². The molecule has 3 heteroatoms. The summed E-state index contributed by atoms with van der Waals surface area (Å²) >= 11 is 0. The first-order chi connectivity index (χ1) is 9.84. The lowest BCUT2D eigenvalue weighted by Gasteiger charge is -2.27. The normalized spacial score (nSPS) is 19.4. The topological polar surface area (TPSA) is 34.1 Å². The predicted molar refractivity (Wildman–Crippen MR) is 79.5 cm³/mol. The molecular weight excluding hydrogens is 248 g/mol. The van der Waals surface area contributed by atoms with Gasteiger partial charge in [0.2, 0.25) is 0 Å². The van der Waals surface area contributed by atoms with E-state index in [-0.39, 0.29) is 12.1 Å². The second kappa shape index (κ2) is 6.16. The zero-order valence-electron chi connectivity index (χ0n) is 11.8. The molecule has 3 nitrogen and oxygen atoms in total. The van der Waals surface area contributed by atoms with Crippen LogP contribution in [0.25, 0.3) is 0 Å². The number of hydrogen-bond acceptors (Lipinski definition) is 3. The van der Waals surface area contributed by atoms with Crippen LogP contribution in [0.3, 0.4) is 0 Å². The number of aromatic nitrogens is 1. The Balaban J connectivity index is 1.65. The van der Waals surface area contributed by atoms with Crippen molar-refractivity contribution in [3.63, 3.8) is 0 Å². The summed E-state index contributed by atoms with van der Waals surface area (Å²) in [6.07, 6.45) is 2.99. The molecule has 1 aromatic carbocycles. The SMILES string of the molecule is CC(NCC1OCCc2ccccc21)c1ccccn1. The number of nitrogens with zero attached hydrogens (tertiary/aromatic N) is 1. The molecule has 0 saturated carbocycles. The molecule has 2 unspecified atom stereocenters. The molecule has 0 saturated heterocycles. The van der Waals surface area contributed by atoms with Crippen LogP contribution in [0.15, 0.2) is 48.7 Å². The van der Waals surface area contributed by atoms with Gasteiger partial charge in [-0.3, -0.25) is 4.98 Å². The van der Waals surface area contributed by atoms with Crippen molar-refractivity contribution in [2.24, 2.45) is 0 Å². The fraction of sp³-hybridized carbons (Fsp3) is 0.353. The number of ether oxygens (including phenoxy) is 1. The second-order valence-electron chi connectivity index (χ2n) is 5.19. The molecule has 0 radical (unpaired) electrons. The third-order valence-corrected chi connectivity index (χ3v) is 3.83. The average Bonchev–Trinajstić information content (AvgIpc) is 2.53. The highest BCUT2D eigenvalue weighted by molar-refractivity contribution is 5.31. The first kappa shape index (κ1) is 13.3. The van der Waals surface area contributed by atoms with Crippen molar-refractivity contribution in [1.29, 1.82) is 0 Å². The maximum atomic E-state index is 5.91. The van der Waals surface area contributed by atoms with Crippen LogP contribution in [0.4, 0.5) is 0 Å². The Hall–Kier alpha value is -1.71. The Morgan fingerprint density at radius 1 is 1.25 bits per heavy atom. The van der Waals surface area contributed by atoms with E-state index in [1.165, 1.54) is 11.1 Å². The van der Waals surface area contributed by atoms with Crippen molar-refractivity contribution >= 4 is 0 Å². The van der Waals surface area contributed by atoms with E-state index in [1.54, 1.807) is 0 Å². The van der Waals surface area contributed by atoms with Gasteiger partial charge in [0.25, 0.3) is 0 Å². The lowest BCUT2D eigenvalue weighted by atomic mass is 9.97. The standard InChI is InChI=1S/C17H20N2O/c1-13(16-8-4-5-10-18-16)19-12-17-15-7-3-2-6-14(15)9-11-20-17/h2-8,10,13,17,19H,9,11-12H2,1H3. The molecule has 0 aliphatic carbocycles. The summed E-state index contributed by atoms with van der Waals surface area (Å²) in [6.45, 7) is 3.76. The maximum Gasteiger partial charge on any atom is 0.0952 e. The number of benzene rings is 1. The molecule has 2 heterocycles. The molecule has 1 N–H and O–H groups in total. The first-order valence-electron chi connectivity index (χ1n) is 7.18. The summed E-state index contributed by atoms with van der Waals surface area (Å²) in [5, 5.41) is 3.52. The first-order valence-corrected chi connectivity index (χ1v) is 7.18. The molecule has 2 aromatic rings. The summed E-state index contributed by atoms with van der Waals surface area (Å²) in [6, 6.07) is 14.8. The van der Waals surface area contributed by atoms with Crippen LogP contribution in [0.1, 0.15) is 35.9 Å². The molecule has 1 aliphatic rings. The fourth-order valence-corrected chi connectivity index (χ4v) is 2.67. The van der Waals surface area contributed by atoms with E-state index >= 15 is 0 Å². The molecular formula is C17H20N2O. The van der Waals surface area contributed by atoms with Gasteiger partial charge in [0.05, 0.1) is 18.4 Å². The Morgan fingerprint density at radius 2 is 2.10 bits per heavy atom. The molecule has 1 aromatic heterocycles. The third kappa shape index (κ3) is 2.89. The lowest BCUT2D eigenvalue weighted by molar-refractivity contribution is 0.0409. The number of hydrogen-bond donors (Lipinski definition) is 1. The zero-order valence-corrected chi connectivity index (χ0v) is 11.8. The smallest absolute Gasteiger partial charge is 0.0952 e. The fourth-order valence-electron chi connectivity index (χ4n) is 2.67. The molecule has 20 heavy (non-hydrogen) atoms. The number of fused-ring (bicyclic) bond motifs is 1. The molecule has 0 amide bonds. The Morgan fingerprint density at radius 3 is 2.95 bits per heavy atom. The van der Waals surface area contributed by atoms with E-state index in [2.05, 4.69) is 41.5 Å². The van der Waals surface area contributed by atoms with Crippen molar-refractivity contribution in [2.45, 2.75) is 25.5 Å². The van der Waals surface area contributed by atoms with Crippen LogP contribution < -0.4 is 5.32 Å². The Kier molecular flexibility index (Phi) is 4.09. The third-order valence-electron chi connectivity index (χ3n) is 3.83. The van der Waals surface area contributed by atoms with Gasteiger partial charge in [0, 0.05) is 18.8 Å². The molecule has 2 atom stereocenters. The quantitative estimate of drug-likeness (QED) is 0.925. The van der Waals surface area contributed by atoms with Crippen LogP contribution in [0.5, 0.6) is 0 Å². The minimum absolute atomic E-state index is 0.145. The van der Waals surface area contributed by atoms with Crippen molar-refractivity contribution in [2.75, 3.05) is 13.2 Å². The van der Waals surface area contributed by atoms with E-state index < -0.39 is 0 Å². The predicted octanol–water partition coefficient (Wildman–Crippen LogP) is 3.05. The Bertz CT molecular complexity index is 556. The summed E-state index contributed by atoms with van der Waals surface area (Å²) in [7, 11) is 0. The van der Waals surface area contributed by atoms with Crippen LogP contribution >= 0.6 is 0 Å². The van der Waals surface area contributed by atoms with Gasteiger partial charge < -0.3 is 10.1 Å². The van der Waals surface area contributed by atoms with Gasteiger partial charge >= 0.3 is 0 Å². The molecule has 104 valence electrons. The summed E-state index contributed by atoms with van der Waals surface area (Å²) in [5.41, 5.74) is 3.80. The van der Waals surface area contributed by atoms with E-state index in [4.69, 9.17) is 4.74 Å². The molecule has 1 aliphatic heterocycles. The Labute approximate surface area is 120 Å². The minimum Gasteiger partial charge on any atom is -0.372 e. The van der Waals surface area contributed by atoms with E-state index in [0.717, 1.165) is 25.3 Å². The van der Waals surface area contributed by atoms with Gasteiger partial charge in [0.15, 0.2) is 0 Å². The summed E-state index contributed by atoms with van der Waals surface area (Å²) in [5.74, 6) is 0. The minimum atomic E-state index is 0.145. The second-order valence-corrected chi connectivity index (χ2v) is 5.19. The number of rotatable bonds is 4. The van der Waals surface area contributed by atoms with E-state index in [0.29, 0.717) is 0 Å². The summed E-state index contributed by atoms with van der Waals surface area (Å²) in [4.78, 5) is 4.38. The number of pyridine rings is 1. The van der Waals surface area contributed by atoms with Crippen LogP contribution in [-0.2, 0) is 11.2 Å². The largest absolute Gasteiger partial charge is 0.372 e. The van der Waals surface area contributed by atoms with E-state index in [1.807, 2.05) is 24.4 Å². The molecule has 3 rings (SSSR count). The number of nitrogens with one attached hydrogen (secondary N) is 1. The van der Waals surface area contributed by atoms with Crippen molar-refractivity contribution < 1.29 is 4.74 Å². The highest BCUT2D eigenvalue weighted by Crippen LogP contribution is 2.26. The molecule has 0 fully saturated rings. The van der Waals surface area contributed by atoms with Gasteiger partial charge in [-0.15, -0.1) is 0 Å². The summed E-state index contributed by atoms with van der Waals surface area (Å²) < 4.78 is 5.91. The van der Waals surface area contributed by atoms with Crippen molar-refractivity contribution in [1.82, 2.24) is 10.3 Å². The van der Waals surface area contributed by atoms with Gasteiger partial charge in [-0.05, 0) is 36.6 Å². The maximum absolute atomic E-state index is 5.91. The monoisotopic (exact) mass is 268 g/mol. The lowest BCUT2D eigenvalue weighted by Crippen LogP contribution is -2.29. The van der Waals surface area contributed by atoms with Crippen LogP contribution in [0, 0.1) is 0 Å². The van der Waals surface area contributed by atoms with Crippen molar-refractivity contribution in [3.05, 3.63) is 65.5 Å². The molecule has 0 spiro atoms. The van der Waals surface area contributed by atoms with Crippen LogP contribution in [-0.4, -0.2) is 18.1 Å². The average molecular weight is 268 g/mol. The molecule has 0 bridgehead atoms. The highest BCUT2D eigenvalue weighted by atomic mass is 16.5.